The summed E-state index contributed by atoms with van der Waals surface area (Å²) in [6, 6.07) is 5.32. The van der Waals surface area contributed by atoms with Crippen LogP contribution >= 0.6 is 0 Å². The lowest BCUT2D eigenvalue weighted by molar-refractivity contribution is 0.0792. The summed E-state index contributed by atoms with van der Waals surface area (Å²) in [6.07, 6.45) is 2.29. The molecule has 1 saturated heterocycles. The van der Waals surface area contributed by atoms with Crippen molar-refractivity contribution < 1.29 is 19.0 Å². The number of hydrogen-bond donors (Lipinski definition) is 1. The molecule has 1 aliphatic rings. The van der Waals surface area contributed by atoms with Gasteiger partial charge in [-0.2, -0.15) is 5.10 Å². The van der Waals surface area contributed by atoms with Crippen LogP contribution in [0.3, 0.4) is 0 Å². The van der Waals surface area contributed by atoms with E-state index in [-0.39, 0.29) is 18.1 Å². The molecular formula is C18H23N3O4. The highest BCUT2D eigenvalue weighted by molar-refractivity contribution is 5.96. The monoisotopic (exact) mass is 345 g/mol. The number of nitrogens with one attached hydrogen (secondary N) is 1. The summed E-state index contributed by atoms with van der Waals surface area (Å²) in [4.78, 5) is 12.8. The van der Waals surface area contributed by atoms with E-state index < -0.39 is 0 Å². The van der Waals surface area contributed by atoms with Crippen molar-refractivity contribution in [1.29, 1.82) is 0 Å². The zero-order chi connectivity index (χ0) is 18.0. The number of amides is 1. The third kappa shape index (κ3) is 3.32. The van der Waals surface area contributed by atoms with Crippen LogP contribution in [0.4, 0.5) is 0 Å². The molecule has 3 rings (SSSR count). The molecule has 0 saturated carbocycles. The molecular weight excluding hydrogens is 322 g/mol. The number of methoxy groups -OCH3 is 2. The van der Waals surface area contributed by atoms with Gasteiger partial charge in [0.05, 0.1) is 26.0 Å². The molecule has 7 nitrogen and oxygen atoms in total. The molecule has 134 valence electrons. The Kier molecular flexibility index (Phi) is 4.94. The molecule has 2 aromatic rings. The molecule has 0 spiro atoms. The van der Waals surface area contributed by atoms with Gasteiger partial charge in [-0.3, -0.25) is 9.48 Å². The zero-order valence-electron chi connectivity index (χ0n) is 14.9. The van der Waals surface area contributed by atoms with Crippen molar-refractivity contribution in [3.63, 3.8) is 0 Å². The average Bonchev–Trinajstić information content (AvgIpc) is 3.22. The van der Waals surface area contributed by atoms with E-state index in [9.17, 15) is 4.79 Å². The van der Waals surface area contributed by atoms with Crippen LogP contribution in [-0.4, -0.2) is 42.6 Å². The number of aryl methyl sites for hydroxylation is 2. The van der Waals surface area contributed by atoms with Gasteiger partial charge in [0.15, 0.2) is 11.5 Å². The van der Waals surface area contributed by atoms with Crippen LogP contribution in [0.5, 0.6) is 11.5 Å². The molecule has 0 aliphatic carbocycles. The second-order valence-electron chi connectivity index (χ2n) is 6.06. The number of aromatic nitrogens is 2. The first-order chi connectivity index (χ1) is 12.0. The summed E-state index contributed by atoms with van der Waals surface area (Å²) in [7, 11) is 5.00. The van der Waals surface area contributed by atoms with Crippen LogP contribution in [0.25, 0.3) is 0 Å². The highest BCUT2D eigenvalue weighted by Crippen LogP contribution is 2.32. The largest absolute Gasteiger partial charge is 0.493 e. The number of rotatable bonds is 5. The minimum atomic E-state index is -0.197. The van der Waals surface area contributed by atoms with Crippen molar-refractivity contribution in [3.05, 3.63) is 41.2 Å². The van der Waals surface area contributed by atoms with Crippen LogP contribution < -0.4 is 14.8 Å². The van der Waals surface area contributed by atoms with Gasteiger partial charge in [-0.15, -0.1) is 0 Å². The fourth-order valence-corrected chi connectivity index (χ4v) is 3.16. The summed E-state index contributed by atoms with van der Waals surface area (Å²) in [5.74, 6) is 0.985. The standard InChI is InChI=1S/C18H23N3O4/c1-11-9-15(23-3)16(24-4)10-12(11)18(22)20-13-6-8-25-17(13)14-5-7-19-21(14)2/h5,7,9-10,13,17H,6,8H2,1-4H3,(H,20,22)/t13-,17-/m0/s1. The van der Waals surface area contributed by atoms with Gasteiger partial charge in [-0.1, -0.05) is 0 Å². The average molecular weight is 345 g/mol. The third-order valence-electron chi connectivity index (χ3n) is 4.53. The van der Waals surface area contributed by atoms with Crippen molar-refractivity contribution in [2.45, 2.75) is 25.5 Å². The van der Waals surface area contributed by atoms with Gasteiger partial charge in [0.2, 0.25) is 0 Å². The van der Waals surface area contributed by atoms with Crippen LogP contribution in [-0.2, 0) is 11.8 Å². The fourth-order valence-electron chi connectivity index (χ4n) is 3.16. The lowest BCUT2D eigenvalue weighted by Gasteiger charge is -2.21. The minimum absolute atomic E-state index is 0.101. The quantitative estimate of drug-likeness (QED) is 0.897. The highest BCUT2D eigenvalue weighted by Gasteiger charge is 2.33. The molecule has 2 heterocycles. The van der Waals surface area contributed by atoms with Crippen molar-refractivity contribution in [2.75, 3.05) is 20.8 Å². The van der Waals surface area contributed by atoms with Gasteiger partial charge in [-0.05, 0) is 37.1 Å². The third-order valence-corrected chi connectivity index (χ3v) is 4.53. The fraction of sp³-hybridized carbons (Fsp3) is 0.444. The van der Waals surface area contributed by atoms with Crippen LogP contribution in [0.2, 0.25) is 0 Å². The normalized spacial score (nSPS) is 19.7. The zero-order valence-corrected chi connectivity index (χ0v) is 14.9. The Morgan fingerprint density at radius 2 is 2.04 bits per heavy atom. The molecule has 1 aromatic heterocycles. The topological polar surface area (TPSA) is 74.6 Å². The summed E-state index contributed by atoms with van der Waals surface area (Å²) < 4.78 is 18.2. The van der Waals surface area contributed by atoms with Crippen molar-refractivity contribution in [2.24, 2.45) is 7.05 Å². The Bertz CT molecular complexity index is 772. The van der Waals surface area contributed by atoms with Crippen molar-refractivity contribution >= 4 is 5.91 Å². The van der Waals surface area contributed by atoms with E-state index >= 15 is 0 Å². The first kappa shape index (κ1) is 17.3. The van der Waals surface area contributed by atoms with Crippen LogP contribution in [0.15, 0.2) is 24.4 Å². The lowest BCUT2D eigenvalue weighted by atomic mass is 10.0. The summed E-state index contributed by atoms with van der Waals surface area (Å²) in [5, 5.41) is 7.27. The number of benzene rings is 1. The number of carbonyl (C=O) groups is 1. The van der Waals surface area contributed by atoms with E-state index in [0.717, 1.165) is 17.7 Å². The second-order valence-corrected chi connectivity index (χ2v) is 6.06. The molecule has 1 aliphatic heterocycles. The van der Waals surface area contributed by atoms with E-state index in [2.05, 4.69) is 10.4 Å². The predicted octanol–water partition coefficient (Wildman–Crippen LogP) is 2.01. The summed E-state index contributed by atoms with van der Waals surface area (Å²) in [6.45, 7) is 2.48. The van der Waals surface area contributed by atoms with Gasteiger partial charge >= 0.3 is 0 Å². The molecule has 2 atom stereocenters. The SMILES string of the molecule is COc1cc(C)c(C(=O)N[C@H]2CCO[C@@H]2c2ccnn2C)cc1OC. The van der Waals surface area contributed by atoms with Gasteiger partial charge in [0.25, 0.3) is 5.91 Å². The van der Waals surface area contributed by atoms with Gasteiger partial charge in [0, 0.05) is 25.4 Å². The molecule has 1 aromatic carbocycles. The van der Waals surface area contributed by atoms with Crippen molar-refractivity contribution in [3.8, 4) is 11.5 Å². The maximum absolute atomic E-state index is 12.8. The smallest absolute Gasteiger partial charge is 0.252 e. The molecule has 25 heavy (non-hydrogen) atoms. The molecule has 7 heteroatoms. The van der Waals surface area contributed by atoms with Gasteiger partial charge in [-0.25, -0.2) is 0 Å². The maximum atomic E-state index is 12.8. The van der Waals surface area contributed by atoms with E-state index in [4.69, 9.17) is 14.2 Å². The molecule has 0 bridgehead atoms. The Balaban J connectivity index is 1.81. The Morgan fingerprint density at radius 3 is 2.68 bits per heavy atom. The van der Waals surface area contributed by atoms with E-state index in [0.29, 0.717) is 23.7 Å². The van der Waals surface area contributed by atoms with Crippen LogP contribution in [0.1, 0.15) is 34.1 Å². The molecule has 0 radical (unpaired) electrons. The number of hydrogen-bond acceptors (Lipinski definition) is 5. The summed E-state index contributed by atoms with van der Waals surface area (Å²) >= 11 is 0. The Labute approximate surface area is 146 Å². The Morgan fingerprint density at radius 1 is 1.32 bits per heavy atom. The predicted molar refractivity (Wildman–Crippen MR) is 92.1 cm³/mol. The van der Waals surface area contributed by atoms with E-state index in [1.165, 1.54) is 0 Å². The first-order valence-corrected chi connectivity index (χ1v) is 8.18. The molecule has 1 fully saturated rings. The molecule has 0 unspecified atom stereocenters. The Hall–Kier alpha value is -2.54. The summed E-state index contributed by atoms with van der Waals surface area (Å²) in [5.41, 5.74) is 2.34. The van der Waals surface area contributed by atoms with Crippen molar-refractivity contribution in [1.82, 2.24) is 15.1 Å². The number of nitrogens with zero attached hydrogens (tertiary/aromatic N) is 2. The molecule has 1 N–H and O–H groups in total. The molecule has 1 amide bonds. The minimum Gasteiger partial charge on any atom is -0.493 e. The lowest BCUT2D eigenvalue weighted by Crippen LogP contribution is -2.37. The first-order valence-electron chi connectivity index (χ1n) is 8.18. The van der Waals surface area contributed by atoms with E-state index in [1.807, 2.05) is 20.0 Å². The number of carbonyl (C=O) groups excluding carboxylic acids is 1. The van der Waals surface area contributed by atoms with Crippen LogP contribution in [0, 0.1) is 6.92 Å². The van der Waals surface area contributed by atoms with Gasteiger partial charge < -0.3 is 19.5 Å². The van der Waals surface area contributed by atoms with E-state index in [1.54, 1.807) is 37.2 Å². The number of ether oxygens (including phenoxy) is 3. The second kappa shape index (κ2) is 7.14. The highest BCUT2D eigenvalue weighted by atomic mass is 16.5. The maximum Gasteiger partial charge on any atom is 0.252 e. The van der Waals surface area contributed by atoms with Gasteiger partial charge in [0.1, 0.15) is 6.10 Å².